The average Bonchev–Trinajstić information content (AvgIpc) is 2.12. The van der Waals surface area contributed by atoms with Gasteiger partial charge >= 0.3 is 5.97 Å². The maximum absolute atomic E-state index is 12.9. The molecule has 0 aliphatic rings. The summed E-state index contributed by atoms with van der Waals surface area (Å²) in [4.78, 5) is 11.0. The third kappa shape index (κ3) is 3.77. The predicted molar refractivity (Wildman–Crippen MR) is 57.1 cm³/mol. The standard InChI is InChI=1S/C9H11FN2O2S/c10-5-1-6(11)3-7(2-5)15-4-8(12)9(13)14/h1-3,8H,4,11-12H2,(H,13,14). The van der Waals surface area contributed by atoms with Crippen molar-refractivity contribution in [1.29, 1.82) is 0 Å². The minimum absolute atomic E-state index is 0.179. The molecule has 1 aromatic carbocycles. The molecule has 0 heterocycles. The lowest BCUT2D eigenvalue weighted by molar-refractivity contribution is -0.137. The molecule has 0 radical (unpaired) electrons. The van der Waals surface area contributed by atoms with Gasteiger partial charge in [-0.3, -0.25) is 4.79 Å². The zero-order chi connectivity index (χ0) is 11.4. The summed E-state index contributed by atoms with van der Waals surface area (Å²) in [7, 11) is 0. The van der Waals surface area contributed by atoms with Crippen molar-refractivity contribution in [3.63, 3.8) is 0 Å². The van der Waals surface area contributed by atoms with Crippen molar-refractivity contribution in [3.05, 3.63) is 24.0 Å². The van der Waals surface area contributed by atoms with Gasteiger partial charge in [-0.05, 0) is 18.2 Å². The molecule has 15 heavy (non-hydrogen) atoms. The van der Waals surface area contributed by atoms with Crippen molar-refractivity contribution in [3.8, 4) is 0 Å². The number of nitrogen functional groups attached to an aromatic ring is 1. The molecule has 0 spiro atoms. The molecule has 6 heteroatoms. The first-order valence-electron chi connectivity index (χ1n) is 4.16. The maximum atomic E-state index is 12.9. The molecule has 0 amide bonds. The number of carbonyl (C=O) groups is 1. The molecule has 82 valence electrons. The molecule has 0 aromatic heterocycles. The van der Waals surface area contributed by atoms with Gasteiger partial charge in [0.25, 0.3) is 0 Å². The van der Waals surface area contributed by atoms with Crippen molar-refractivity contribution >= 4 is 23.4 Å². The van der Waals surface area contributed by atoms with Gasteiger partial charge in [0, 0.05) is 16.3 Å². The quantitative estimate of drug-likeness (QED) is 0.528. The van der Waals surface area contributed by atoms with Gasteiger partial charge in [-0.15, -0.1) is 11.8 Å². The second-order valence-electron chi connectivity index (χ2n) is 2.98. The minimum Gasteiger partial charge on any atom is -0.480 e. The summed E-state index contributed by atoms with van der Waals surface area (Å²) in [6.07, 6.45) is 0. The third-order valence-electron chi connectivity index (χ3n) is 1.64. The van der Waals surface area contributed by atoms with E-state index >= 15 is 0 Å². The molecule has 4 nitrogen and oxygen atoms in total. The first-order chi connectivity index (χ1) is 6.99. The van der Waals surface area contributed by atoms with Crippen LogP contribution in [-0.4, -0.2) is 22.9 Å². The summed E-state index contributed by atoms with van der Waals surface area (Å²) < 4.78 is 12.9. The number of carboxylic acids is 1. The number of carboxylic acid groups (broad SMARTS) is 1. The molecule has 0 fully saturated rings. The van der Waals surface area contributed by atoms with Crippen molar-refractivity contribution < 1.29 is 14.3 Å². The summed E-state index contributed by atoms with van der Waals surface area (Å²) in [6.45, 7) is 0. The van der Waals surface area contributed by atoms with Crippen molar-refractivity contribution in [2.45, 2.75) is 10.9 Å². The Balaban J connectivity index is 2.61. The maximum Gasteiger partial charge on any atom is 0.321 e. The van der Waals surface area contributed by atoms with Gasteiger partial charge in [0.2, 0.25) is 0 Å². The lowest BCUT2D eigenvalue weighted by Gasteiger charge is -2.06. The van der Waals surface area contributed by atoms with E-state index in [9.17, 15) is 9.18 Å². The van der Waals surface area contributed by atoms with Crippen molar-refractivity contribution in [2.24, 2.45) is 5.73 Å². The number of thioether (sulfide) groups is 1. The molecule has 1 rings (SSSR count). The molecular weight excluding hydrogens is 219 g/mol. The fraction of sp³-hybridized carbons (Fsp3) is 0.222. The van der Waals surface area contributed by atoms with Crippen LogP contribution in [0, 0.1) is 5.82 Å². The fourth-order valence-electron chi connectivity index (χ4n) is 0.925. The van der Waals surface area contributed by atoms with Gasteiger partial charge in [-0.1, -0.05) is 0 Å². The topological polar surface area (TPSA) is 89.3 Å². The highest BCUT2D eigenvalue weighted by molar-refractivity contribution is 7.99. The van der Waals surface area contributed by atoms with E-state index in [-0.39, 0.29) is 5.75 Å². The van der Waals surface area contributed by atoms with Gasteiger partial charge in [0.05, 0.1) is 0 Å². The smallest absolute Gasteiger partial charge is 0.321 e. The van der Waals surface area contributed by atoms with Crippen LogP contribution in [-0.2, 0) is 4.79 Å². The number of nitrogens with two attached hydrogens (primary N) is 2. The molecule has 0 aliphatic heterocycles. The molecule has 0 aliphatic carbocycles. The SMILES string of the molecule is Nc1cc(F)cc(SCC(N)C(=O)O)c1. The van der Waals surface area contributed by atoms with Crippen LogP contribution in [0.2, 0.25) is 0 Å². The van der Waals surface area contributed by atoms with Gasteiger partial charge in [0.1, 0.15) is 11.9 Å². The third-order valence-corrected chi connectivity index (χ3v) is 2.74. The molecular formula is C9H11FN2O2S. The van der Waals surface area contributed by atoms with E-state index in [4.69, 9.17) is 16.6 Å². The summed E-state index contributed by atoms with van der Waals surface area (Å²) in [5.41, 5.74) is 11.0. The molecule has 0 saturated heterocycles. The summed E-state index contributed by atoms with van der Waals surface area (Å²) in [5.74, 6) is -1.34. The fourth-order valence-corrected chi connectivity index (χ4v) is 1.85. The van der Waals surface area contributed by atoms with Crippen LogP contribution in [0.4, 0.5) is 10.1 Å². The normalized spacial score (nSPS) is 12.4. The van der Waals surface area contributed by atoms with Crippen LogP contribution in [0.5, 0.6) is 0 Å². The van der Waals surface area contributed by atoms with E-state index in [1.54, 1.807) is 6.07 Å². The van der Waals surface area contributed by atoms with E-state index in [0.717, 1.165) is 11.8 Å². The number of aliphatic carboxylic acids is 1. The Morgan fingerprint density at radius 3 is 2.73 bits per heavy atom. The Morgan fingerprint density at radius 2 is 2.20 bits per heavy atom. The van der Waals surface area contributed by atoms with Gasteiger partial charge < -0.3 is 16.6 Å². The van der Waals surface area contributed by atoms with Crippen LogP contribution in [0.25, 0.3) is 0 Å². The minimum atomic E-state index is -1.08. The Bertz CT molecular complexity index is 353. The number of hydrogen-bond donors (Lipinski definition) is 3. The summed E-state index contributed by atoms with van der Waals surface area (Å²) >= 11 is 1.16. The summed E-state index contributed by atoms with van der Waals surface area (Å²) in [5, 5.41) is 8.53. The highest BCUT2D eigenvalue weighted by atomic mass is 32.2. The molecule has 0 bridgehead atoms. The second-order valence-corrected chi connectivity index (χ2v) is 4.07. The Hall–Kier alpha value is -1.27. The van der Waals surface area contributed by atoms with Crippen molar-refractivity contribution in [2.75, 3.05) is 11.5 Å². The number of hydrogen-bond acceptors (Lipinski definition) is 4. The zero-order valence-corrected chi connectivity index (χ0v) is 8.63. The largest absolute Gasteiger partial charge is 0.480 e. The van der Waals surface area contributed by atoms with Crippen LogP contribution in [0.15, 0.2) is 23.1 Å². The molecule has 1 atom stereocenters. The molecule has 1 aromatic rings. The van der Waals surface area contributed by atoms with Gasteiger partial charge in [0.15, 0.2) is 0 Å². The van der Waals surface area contributed by atoms with Gasteiger partial charge in [-0.2, -0.15) is 0 Å². The lowest BCUT2D eigenvalue weighted by Crippen LogP contribution is -2.32. The Kier molecular flexibility index (Phi) is 3.93. The number of benzene rings is 1. The Morgan fingerprint density at radius 1 is 1.53 bits per heavy atom. The average molecular weight is 230 g/mol. The van der Waals surface area contributed by atoms with Crippen molar-refractivity contribution in [1.82, 2.24) is 0 Å². The molecule has 0 saturated carbocycles. The van der Waals surface area contributed by atoms with E-state index in [2.05, 4.69) is 0 Å². The first-order valence-corrected chi connectivity index (χ1v) is 5.15. The number of anilines is 1. The van der Waals surface area contributed by atoms with Crippen LogP contribution in [0.1, 0.15) is 0 Å². The second kappa shape index (κ2) is 4.99. The highest BCUT2D eigenvalue weighted by Crippen LogP contribution is 2.22. The first kappa shape index (κ1) is 11.8. The van der Waals surface area contributed by atoms with E-state index < -0.39 is 17.8 Å². The molecule has 5 N–H and O–H groups in total. The lowest BCUT2D eigenvalue weighted by atomic mass is 10.3. The Labute approximate surface area is 90.5 Å². The van der Waals surface area contributed by atoms with E-state index in [1.165, 1.54) is 12.1 Å². The van der Waals surface area contributed by atoms with Gasteiger partial charge in [-0.25, -0.2) is 4.39 Å². The monoisotopic (exact) mass is 230 g/mol. The number of rotatable bonds is 4. The van der Waals surface area contributed by atoms with Crippen LogP contribution < -0.4 is 11.5 Å². The molecule has 1 unspecified atom stereocenters. The number of halogens is 1. The summed E-state index contributed by atoms with van der Waals surface area (Å²) in [6, 6.07) is 3.10. The van der Waals surface area contributed by atoms with Crippen LogP contribution in [0.3, 0.4) is 0 Å². The zero-order valence-electron chi connectivity index (χ0n) is 7.81. The van der Waals surface area contributed by atoms with Crippen LogP contribution >= 0.6 is 11.8 Å². The van der Waals surface area contributed by atoms with E-state index in [0.29, 0.717) is 10.6 Å². The highest BCUT2D eigenvalue weighted by Gasteiger charge is 2.11. The van der Waals surface area contributed by atoms with E-state index in [1.807, 2.05) is 0 Å². The predicted octanol–water partition coefficient (Wildman–Crippen LogP) is 0.912.